The maximum absolute atomic E-state index is 12.2. The van der Waals surface area contributed by atoms with Crippen molar-refractivity contribution in [1.29, 1.82) is 0 Å². The molecular weight excluding hydrogens is 392 g/mol. The zero-order valence-electron chi connectivity index (χ0n) is 16.6. The molecule has 0 aliphatic rings. The van der Waals surface area contributed by atoms with Crippen molar-refractivity contribution in [3.05, 3.63) is 61.2 Å². The minimum absolute atomic E-state index is 0.187. The first-order chi connectivity index (χ1) is 13.8. The Morgan fingerprint density at radius 1 is 1.10 bits per heavy atom. The van der Waals surface area contributed by atoms with Gasteiger partial charge in [0, 0.05) is 18.7 Å². The fourth-order valence-corrected chi connectivity index (χ4v) is 3.60. The molecule has 1 amide bonds. The monoisotopic (exact) mass is 418 g/mol. The van der Waals surface area contributed by atoms with Gasteiger partial charge in [0.1, 0.15) is 18.1 Å². The van der Waals surface area contributed by atoms with Crippen molar-refractivity contribution >= 4 is 27.3 Å². The maximum Gasteiger partial charge on any atom is 0.232 e. The van der Waals surface area contributed by atoms with Crippen molar-refractivity contribution in [2.24, 2.45) is 0 Å². The van der Waals surface area contributed by atoms with Gasteiger partial charge in [0.2, 0.25) is 15.9 Å². The SMILES string of the molecule is C=CCOc1ccc(NC(=O)CCCN(c2ccc(OC)cc2)S(C)(=O)=O)cc1. The molecule has 7 nitrogen and oxygen atoms in total. The summed E-state index contributed by atoms with van der Waals surface area (Å²) in [7, 11) is -1.92. The number of benzene rings is 2. The molecule has 2 aromatic rings. The summed E-state index contributed by atoms with van der Waals surface area (Å²) in [5.41, 5.74) is 1.18. The van der Waals surface area contributed by atoms with E-state index in [9.17, 15) is 13.2 Å². The molecule has 0 atom stereocenters. The van der Waals surface area contributed by atoms with Gasteiger partial charge in [-0.2, -0.15) is 0 Å². The Morgan fingerprint density at radius 2 is 1.72 bits per heavy atom. The van der Waals surface area contributed by atoms with Gasteiger partial charge in [0.05, 0.1) is 19.1 Å². The lowest BCUT2D eigenvalue weighted by molar-refractivity contribution is -0.116. The molecular formula is C21H26N2O5S. The van der Waals surface area contributed by atoms with E-state index in [1.54, 1.807) is 61.7 Å². The highest BCUT2D eigenvalue weighted by atomic mass is 32.2. The highest BCUT2D eigenvalue weighted by Gasteiger charge is 2.17. The highest BCUT2D eigenvalue weighted by molar-refractivity contribution is 7.92. The second kappa shape index (κ2) is 10.5. The van der Waals surface area contributed by atoms with Gasteiger partial charge in [0.25, 0.3) is 0 Å². The topological polar surface area (TPSA) is 84.9 Å². The molecule has 0 bridgehead atoms. The first kappa shape index (κ1) is 22.3. The number of amides is 1. The zero-order valence-corrected chi connectivity index (χ0v) is 17.4. The van der Waals surface area contributed by atoms with Gasteiger partial charge in [-0.15, -0.1) is 0 Å². The van der Waals surface area contributed by atoms with E-state index in [0.717, 1.165) is 6.26 Å². The fourth-order valence-electron chi connectivity index (χ4n) is 2.63. The van der Waals surface area contributed by atoms with Crippen molar-refractivity contribution in [3.8, 4) is 11.5 Å². The number of sulfonamides is 1. The molecule has 8 heteroatoms. The molecule has 0 aromatic heterocycles. The Kier molecular flexibility index (Phi) is 8.09. The number of rotatable bonds is 11. The van der Waals surface area contributed by atoms with Crippen LogP contribution in [0.2, 0.25) is 0 Å². The van der Waals surface area contributed by atoms with Gasteiger partial charge in [-0.25, -0.2) is 8.42 Å². The van der Waals surface area contributed by atoms with Crippen LogP contribution in [0.5, 0.6) is 11.5 Å². The third-order valence-electron chi connectivity index (χ3n) is 4.03. The summed E-state index contributed by atoms with van der Waals surface area (Å²) in [6.07, 6.45) is 3.37. The Labute approximate surface area is 172 Å². The summed E-state index contributed by atoms with van der Waals surface area (Å²) >= 11 is 0. The van der Waals surface area contributed by atoms with E-state index >= 15 is 0 Å². The average Bonchev–Trinajstić information content (AvgIpc) is 2.70. The molecule has 2 rings (SSSR count). The van der Waals surface area contributed by atoms with Crippen molar-refractivity contribution < 1.29 is 22.7 Å². The van der Waals surface area contributed by atoms with Crippen LogP contribution in [0.3, 0.4) is 0 Å². The van der Waals surface area contributed by atoms with E-state index in [4.69, 9.17) is 9.47 Å². The normalized spacial score (nSPS) is 10.8. The van der Waals surface area contributed by atoms with Crippen molar-refractivity contribution in [3.63, 3.8) is 0 Å². The highest BCUT2D eigenvalue weighted by Crippen LogP contribution is 2.22. The average molecular weight is 419 g/mol. The molecule has 0 spiro atoms. The molecule has 0 saturated heterocycles. The van der Waals surface area contributed by atoms with Gasteiger partial charge in [-0.05, 0) is 55.0 Å². The molecule has 0 heterocycles. The van der Waals surface area contributed by atoms with Crippen molar-refractivity contribution in [2.45, 2.75) is 12.8 Å². The number of nitrogens with one attached hydrogen (secondary N) is 1. The van der Waals surface area contributed by atoms with Crippen molar-refractivity contribution in [2.75, 3.05) is 36.1 Å². The van der Waals surface area contributed by atoms with Crippen LogP contribution in [-0.4, -0.2) is 40.8 Å². The lowest BCUT2D eigenvalue weighted by atomic mass is 10.2. The number of hydrogen-bond donors (Lipinski definition) is 1. The van der Waals surface area contributed by atoms with Crippen LogP contribution in [-0.2, 0) is 14.8 Å². The lowest BCUT2D eigenvalue weighted by Crippen LogP contribution is -2.31. The van der Waals surface area contributed by atoms with Crippen LogP contribution < -0.4 is 19.1 Å². The second-order valence-electron chi connectivity index (χ2n) is 6.31. The van der Waals surface area contributed by atoms with E-state index in [0.29, 0.717) is 35.9 Å². The van der Waals surface area contributed by atoms with Crippen LogP contribution >= 0.6 is 0 Å². The fraction of sp³-hybridized carbons (Fsp3) is 0.286. The van der Waals surface area contributed by atoms with E-state index in [1.165, 1.54) is 4.31 Å². The Bertz CT molecular complexity index is 909. The predicted octanol–water partition coefficient (Wildman–Crippen LogP) is 3.44. The minimum Gasteiger partial charge on any atom is -0.497 e. The van der Waals surface area contributed by atoms with Gasteiger partial charge in [-0.1, -0.05) is 12.7 Å². The number of methoxy groups -OCH3 is 1. The van der Waals surface area contributed by atoms with E-state index in [2.05, 4.69) is 11.9 Å². The third-order valence-corrected chi connectivity index (χ3v) is 5.23. The first-order valence-corrected chi connectivity index (χ1v) is 10.9. The Balaban J connectivity index is 1.89. The van der Waals surface area contributed by atoms with Crippen molar-refractivity contribution in [1.82, 2.24) is 0 Å². The Hall–Kier alpha value is -3.00. The summed E-state index contributed by atoms with van der Waals surface area (Å²) in [5, 5.41) is 2.79. The second-order valence-corrected chi connectivity index (χ2v) is 8.22. The van der Waals surface area contributed by atoms with E-state index in [-0.39, 0.29) is 18.9 Å². The summed E-state index contributed by atoms with van der Waals surface area (Å²) < 4.78 is 36.0. The third kappa shape index (κ3) is 7.15. The van der Waals surface area contributed by atoms with Crippen LogP contribution in [0.4, 0.5) is 11.4 Å². The quantitative estimate of drug-likeness (QED) is 0.565. The summed E-state index contributed by atoms with van der Waals surface area (Å²) in [4.78, 5) is 12.2. The molecule has 0 saturated carbocycles. The Morgan fingerprint density at radius 3 is 2.28 bits per heavy atom. The number of carbonyl (C=O) groups is 1. The molecule has 0 radical (unpaired) electrons. The van der Waals surface area contributed by atoms with Gasteiger partial charge < -0.3 is 14.8 Å². The minimum atomic E-state index is -3.47. The largest absolute Gasteiger partial charge is 0.497 e. The van der Waals surface area contributed by atoms with Crippen LogP contribution in [0, 0.1) is 0 Å². The van der Waals surface area contributed by atoms with Gasteiger partial charge >= 0.3 is 0 Å². The molecule has 156 valence electrons. The maximum atomic E-state index is 12.2. The number of ether oxygens (including phenoxy) is 2. The smallest absolute Gasteiger partial charge is 0.232 e. The molecule has 0 unspecified atom stereocenters. The van der Waals surface area contributed by atoms with Crippen LogP contribution in [0.15, 0.2) is 61.2 Å². The van der Waals surface area contributed by atoms with Crippen LogP contribution in [0.1, 0.15) is 12.8 Å². The zero-order chi connectivity index (χ0) is 21.3. The molecule has 1 N–H and O–H groups in total. The van der Waals surface area contributed by atoms with Gasteiger partial charge in [-0.3, -0.25) is 9.10 Å². The van der Waals surface area contributed by atoms with Crippen LogP contribution in [0.25, 0.3) is 0 Å². The summed E-state index contributed by atoms with van der Waals surface area (Å²) in [6.45, 7) is 4.20. The first-order valence-electron chi connectivity index (χ1n) is 9.09. The predicted molar refractivity (Wildman–Crippen MR) is 115 cm³/mol. The summed E-state index contributed by atoms with van der Waals surface area (Å²) in [6, 6.07) is 13.8. The standard InChI is InChI=1S/C21H26N2O5S/c1-4-16-28-20-11-7-17(8-12-20)22-21(24)6-5-15-23(29(3,25)26)18-9-13-19(27-2)14-10-18/h4,7-14H,1,5-6,15-16H2,2-3H3,(H,22,24). The van der Waals surface area contributed by atoms with E-state index in [1.807, 2.05) is 0 Å². The molecule has 0 fully saturated rings. The van der Waals surface area contributed by atoms with Gasteiger partial charge in [0.15, 0.2) is 0 Å². The summed E-state index contributed by atoms with van der Waals surface area (Å²) in [5.74, 6) is 1.14. The molecule has 2 aromatic carbocycles. The number of nitrogens with zero attached hydrogens (tertiary/aromatic N) is 1. The number of hydrogen-bond acceptors (Lipinski definition) is 5. The number of anilines is 2. The lowest BCUT2D eigenvalue weighted by Gasteiger charge is -2.22. The molecule has 0 aliphatic heterocycles. The van der Waals surface area contributed by atoms with E-state index < -0.39 is 10.0 Å². The molecule has 29 heavy (non-hydrogen) atoms. The molecule has 0 aliphatic carbocycles. The number of carbonyl (C=O) groups excluding carboxylic acids is 1.